The number of amides is 2. The lowest BCUT2D eigenvalue weighted by molar-refractivity contribution is -0.123. The molecule has 4 rings (SSSR count). The van der Waals surface area contributed by atoms with Gasteiger partial charge in [-0.3, -0.25) is 14.6 Å². The molecule has 0 radical (unpaired) electrons. The zero-order chi connectivity index (χ0) is 21.5. The van der Waals surface area contributed by atoms with Crippen molar-refractivity contribution in [1.82, 2.24) is 20.5 Å². The van der Waals surface area contributed by atoms with E-state index in [0.717, 1.165) is 12.0 Å². The largest absolute Gasteiger partial charge is 0.354 e. The van der Waals surface area contributed by atoms with Crippen molar-refractivity contribution in [3.63, 3.8) is 0 Å². The number of aromatic nitrogens is 1. The maximum Gasteiger partial charge on any atom is 0.253 e. The molecule has 0 bridgehead atoms. The number of hydrogen-bond acceptors (Lipinski definition) is 4. The summed E-state index contributed by atoms with van der Waals surface area (Å²) in [5, 5.41) is 6.09. The van der Waals surface area contributed by atoms with Gasteiger partial charge in [0.25, 0.3) is 5.91 Å². The molecule has 3 heterocycles. The molecule has 2 amide bonds. The summed E-state index contributed by atoms with van der Waals surface area (Å²) < 4.78 is 0. The lowest BCUT2D eigenvalue weighted by Gasteiger charge is -2.44. The number of fused-ring (bicyclic) bond motifs is 1. The van der Waals surface area contributed by atoms with Gasteiger partial charge in [-0.1, -0.05) is 36.8 Å². The average molecular weight is 421 g/mol. The third kappa shape index (κ3) is 5.70. The van der Waals surface area contributed by atoms with E-state index in [4.69, 9.17) is 0 Å². The van der Waals surface area contributed by atoms with E-state index >= 15 is 0 Å². The van der Waals surface area contributed by atoms with Crippen molar-refractivity contribution in [1.29, 1.82) is 0 Å². The highest BCUT2D eigenvalue weighted by Crippen LogP contribution is 2.30. The molecule has 2 N–H and O–H groups in total. The Hall–Kier alpha value is -2.73. The highest BCUT2D eigenvalue weighted by atomic mass is 16.2. The summed E-state index contributed by atoms with van der Waals surface area (Å²) in [6.45, 7) is 3.05. The molecule has 2 aliphatic heterocycles. The van der Waals surface area contributed by atoms with Crippen LogP contribution in [-0.4, -0.2) is 53.4 Å². The first-order chi connectivity index (χ1) is 15.2. The summed E-state index contributed by atoms with van der Waals surface area (Å²) in [5.41, 5.74) is 1.48. The van der Waals surface area contributed by atoms with Crippen molar-refractivity contribution in [2.24, 2.45) is 5.92 Å². The predicted molar refractivity (Wildman–Crippen MR) is 121 cm³/mol. The third-order valence-corrected chi connectivity index (χ3v) is 6.60. The Morgan fingerprint density at radius 3 is 2.68 bits per heavy atom. The van der Waals surface area contributed by atoms with E-state index in [-0.39, 0.29) is 11.8 Å². The number of rotatable bonds is 7. The van der Waals surface area contributed by atoms with E-state index in [1.807, 2.05) is 30.3 Å². The number of benzene rings is 1. The number of piperidine rings is 2. The molecule has 164 valence electrons. The molecule has 2 saturated heterocycles. The maximum atomic E-state index is 13.2. The van der Waals surface area contributed by atoms with Crippen molar-refractivity contribution in [2.75, 3.05) is 19.6 Å². The van der Waals surface area contributed by atoms with Crippen LogP contribution in [0.2, 0.25) is 0 Å². The summed E-state index contributed by atoms with van der Waals surface area (Å²) in [6, 6.07) is 13.2. The zero-order valence-corrected chi connectivity index (χ0v) is 18.0. The number of nitrogens with zero attached hydrogens (tertiary/aromatic N) is 2. The van der Waals surface area contributed by atoms with E-state index in [0.29, 0.717) is 30.5 Å². The van der Waals surface area contributed by atoms with Crippen LogP contribution in [0.3, 0.4) is 0 Å². The fourth-order valence-corrected chi connectivity index (χ4v) is 4.97. The Labute approximate surface area is 184 Å². The van der Waals surface area contributed by atoms with Gasteiger partial charge in [0.2, 0.25) is 5.91 Å². The van der Waals surface area contributed by atoms with E-state index in [9.17, 15) is 9.59 Å². The Bertz CT molecular complexity index is 856. The molecule has 3 unspecified atom stereocenters. The molecule has 0 spiro atoms. The number of carbonyl (C=O) groups is 2. The molecule has 6 nitrogen and oxygen atoms in total. The van der Waals surface area contributed by atoms with E-state index < -0.39 is 6.04 Å². The standard InChI is InChI=1S/C25H32N4O2/c30-24(21-10-6-13-26-17-21)28-22(16-19-8-2-1-3-9-19)25(31)27-18-20-11-7-15-29-14-5-4-12-23(20)29/h1-3,6,8-10,13,17,20,22-23H,4-5,7,11-12,14-16,18H2,(H,27,31)(H,28,30). The molecule has 1 aromatic carbocycles. The van der Waals surface area contributed by atoms with Crippen molar-refractivity contribution in [3.8, 4) is 0 Å². The number of pyridine rings is 1. The summed E-state index contributed by atoms with van der Waals surface area (Å²) >= 11 is 0. The topological polar surface area (TPSA) is 74.3 Å². The normalized spacial score (nSPS) is 22.2. The van der Waals surface area contributed by atoms with Gasteiger partial charge < -0.3 is 15.5 Å². The average Bonchev–Trinajstić information content (AvgIpc) is 2.83. The molecule has 1 aromatic heterocycles. The predicted octanol–water partition coefficient (Wildman–Crippen LogP) is 2.80. The molecular formula is C25H32N4O2. The fraction of sp³-hybridized carbons (Fsp3) is 0.480. The van der Waals surface area contributed by atoms with Crippen LogP contribution in [0, 0.1) is 5.92 Å². The first kappa shape index (κ1) is 21.5. The Morgan fingerprint density at radius 2 is 1.87 bits per heavy atom. The van der Waals surface area contributed by atoms with Crippen molar-refractivity contribution < 1.29 is 9.59 Å². The fourth-order valence-electron chi connectivity index (χ4n) is 4.97. The lowest BCUT2D eigenvalue weighted by atomic mass is 9.83. The van der Waals surface area contributed by atoms with E-state index in [2.05, 4.69) is 20.5 Å². The summed E-state index contributed by atoms with van der Waals surface area (Å²) in [4.78, 5) is 32.5. The van der Waals surface area contributed by atoms with Gasteiger partial charge in [-0.05, 0) is 62.4 Å². The number of carbonyl (C=O) groups excluding carboxylic acids is 2. The Balaban J connectivity index is 1.41. The van der Waals surface area contributed by atoms with E-state index in [1.54, 1.807) is 18.3 Å². The third-order valence-electron chi connectivity index (χ3n) is 6.60. The van der Waals surface area contributed by atoms with Crippen LogP contribution < -0.4 is 10.6 Å². The molecule has 2 aromatic rings. The number of nitrogens with one attached hydrogen (secondary N) is 2. The second-order valence-electron chi connectivity index (χ2n) is 8.70. The van der Waals surface area contributed by atoms with E-state index in [1.165, 1.54) is 45.0 Å². The molecule has 3 atom stereocenters. The van der Waals surface area contributed by atoms with Gasteiger partial charge in [0.15, 0.2) is 0 Å². The summed E-state index contributed by atoms with van der Waals surface area (Å²) in [6.07, 6.45) is 9.76. The molecular weight excluding hydrogens is 388 g/mol. The van der Waals surface area contributed by atoms with Crippen LogP contribution in [0.15, 0.2) is 54.9 Å². The lowest BCUT2D eigenvalue weighted by Crippen LogP contribution is -2.53. The van der Waals surface area contributed by atoms with Crippen LogP contribution in [0.4, 0.5) is 0 Å². The molecule has 0 saturated carbocycles. The van der Waals surface area contributed by atoms with Crippen LogP contribution in [0.5, 0.6) is 0 Å². The van der Waals surface area contributed by atoms with Gasteiger partial charge in [0.05, 0.1) is 5.56 Å². The molecule has 0 aliphatic carbocycles. The van der Waals surface area contributed by atoms with Gasteiger partial charge in [-0.2, -0.15) is 0 Å². The first-order valence-corrected chi connectivity index (χ1v) is 11.5. The Kier molecular flexibility index (Phi) is 7.30. The summed E-state index contributed by atoms with van der Waals surface area (Å²) in [7, 11) is 0. The monoisotopic (exact) mass is 420 g/mol. The highest BCUT2D eigenvalue weighted by molar-refractivity contribution is 5.97. The van der Waals surface area contributed by atoms with Gasteiger partial charge >= 0.3 is 0 Å². The zero-order valence-electron chi connectivity index (χ0n) is 18.0. The van der Waals surface area contributed by atoms with Crippen LogP contribution >= 0.6 is 0 Å². The SMILES string of the molecule is O=C(NC(Cc1ccccc1)C(=O)NCC1CCCN2CCCCC12)c1cccnc1. The Morgan fingerprint density at radius 1 is 1.03 bits per heavy atom. The second kappa shape index (κ2) is 10.5. The van der Waals surface area contributed by atoms with Gasteiger partial charge in [-0.25, -0.2) is 0 Å². The second-order valence-corrected chi connectivity index (χ2v) is 8.70. The minimum absolute atomic E-state index is 0.117. The molecule has 31 heavy (non-hydrogen) atoms. The van der Waals surface area contributed by atoms with Crippen molar-refractivity contribution >= 4 is 11.8 Å². The van der Waals surface area contributed by atoms with Crippen LogP contribution in [0.1, 0.15) is 48.0 Å². The van der Waals surface area contributed by atoms with Crippen molar-refractivity contribution in [2.45, 2.75) is 50.6 Å². The molecule has 2 aliphatic rings. The van der Waals surface area contributed by atoms with Crippen LogP contribution in [0.25, 0.3) is 0 Å². The minimum atomic E-state index is -0.624. The molecule has 6 heteroatoms. The van der Waals surface area contributed by atoms with Gasteiger partial charge in [-0.15, -0.1) is 0 Å². The summed E-state index contributed by atoms with van der Waals surface area (Å²) in [5.74, 6) is 0.0960. The minimum Gasteiger partial charge on any atom is -0.354 e. The quantitative estimate of drug-likeness (QED) is 0.722. The van der Waals surface area contributed by atoms with Crippen LogP contribution in [-0.2, 0) is 11.2 Å². The van der Waals surface area contributed by atoms with Gasteiger partial charge in [0.1, 0.15) is 6.04 Å². The first-order valence-electron chi connectivity index (χ1n) is 11.5. The van der Waals surface area contributed by atoms with Crippen molar-refractivity contribution in [3.05, 3.63) is 66.0 Å². The maximum absolute atomic E-state index is 13.2. The highest BCUT2D eigenvalue weighted by Gasteiger charge is 2.33. The smallest absolute Gasteiger partial charge is 0.253 e. The number of hydrogen-bond donors (Lipinski definition) is 2. The van der Waals surface area contributed by atoms with Gasteiger partial charge in [0, 0.05) is 31.4 Å². The molecule has 2 fully saturated rings.